The van der Waals surface area contributed by atoms with Gasteiger partial charge in [-0.1, -0.05) is 29.5 Å². The second-order valence-corrected chi connectivity index (χ2v) is 5.99. The highest BCUT2D eigenvalue weighted by Gasteiger charge is 2.14. The highest BCUT2D eigenvalue weighted by molar-refractivity contribution is 7.99. The molecule has 0 fully saturated rings. The molecule has 0 spiro atoms. The van der Waals surface area contributed by atoms with Crippen molar-refractivity contribution < 1.29 is 4.79 Å². The van der Waals surface area contributed by atoms with E-state index in [-0.39, 0.29) is 6.03 Å². The fourth-order valence-corrected chi connectivity index (χ4v) is 2.97. The predicted molar refractivity (Wildman–Crippen MR) is 86.0 cm³/mol. The Morgan fingerprint density at radius 2 is 1.95 bits per heavy atom. The number of aryl methyl sites for hydroxylation is 2. The average Bonchev–Trinajstić information content (AvgIpc) is 2.92. The van der Waals surface area contributed by atoms with E-state index < -0.39 is 0 Å². The molecule has 0 unspecified atom stereocenters. The molecule has 1 heterocycles. The van der Waals surface area contributed by atoms with Crippen molar-refractivity contribution in [3.05, 3.63) is 41.6 Å². The van der Waals surface area contributed by atoms with Crippen LogP contribution in [0.1, 0.15) is 25.0 Å². The number of carbonyl (C=O) groups is 1. The van der Waals surface area contributed by atoms with E-state index in [1.807, 2.05) is 19.9 Å². The third kappa shape index (κ3) is 3.67. The van der Waals surface area contributed by atoms with Crippen LogP contribution in [0.4, 0.5) is 4.79 Å². The molecule has 0 bridgehead atoms. The summed E-state index contributed by atoms with van der Waals surface area (Å²) >= 11 is 1.59. The molecule has 0 aliphatic heterocycles. The zero-order valence-electron chi connectivity index (χ0n) is 13.0. The minimum absolute atomic E-state index is 0.0764. The lowest BCUT2D eigenvalue weighted by Crippen LogP contribution is -2.34. The molecule has 2 rings (SSSR count). The second kappa shape index (κ2) is 6.80. The van der Waals surface area contributed by atoms with E-state index in [1.165, 1.54) is 20.7 Å². The van der Waals surface area contributed by atoms with Crippen molar-refractivity contribution in [1.29, 1.82) is 0 Å². The number of aromatic nitrogens is 2. The van der Waals surface area contributed by atoms with Crippen molar-refractivity contribution in [2.75, 3.05) is 13.1 Å². The SMILES string of the molecule is CCN(CC)C(=O)n1ccc(Sc2ccc(C)cc2C)n1. The van der Waals surface area contributed by atoms with Crippen LogP contribution in [0, 0.1) is 13.8 Å². The zero-order chi connectivity index (χ0) is 15.4. The summed E-state index contributed by atoms with van der Waals surface area (Å²) in [5.41, 5.74) is 2.48. The molecule has 1 aromatic carbocycles. The lowest BCUT2D eigenvalue weighted by Gasteiger charge is -2.17. The first kappa shape index (κ1) is 15.6. The topological polar surface area (TPSA) is 38.1 Å². The maximum absolute atomic E-state index is 12.2. The van der Waals surface area contributed by atoms with Gasteiger partial charge >= 0.3 is 6.03 Å². The molecule has 21 heavy (non-hydrogen) atoms. The van der Waals surface area contributed by atoms with Crippen LogP contribution < -0.4 is 0 Å². The molecule has 0 aliphatic carbocycles. The normalized spacial score (nSPS) is 10.7. The van der Waals surface area contributed by atoms with E-state index in [0.29, 0.717) is 13.1 Å². The third-order valence-corrected chi connectivity index (χ3v) is 4.44. The van der Waals surface area contributed by atoms with Gasteiger partial charge in [-0.05, 0) is 45.4 Å². The van der Waals surface area contributed by atoms with Crippen LogP contribution in [0.15, 0.2) is 40.4 Å². The average molecular weight is 303 g/mol. The molecule has 2 aromatic rings. The summed E-state index contributed by atoms with van der Waals surface area (Å²) in [6.45, 7) is 9.49. The number of carbonyl (C=O) groups excluding carboxylic acids is 1. The maximum atomic E-state index is 12.2. The van der Waals surface area contributed by atoms with Gasteiger partial charge in [-0.25, -0.2) is 4.79 Å². The van der Waals surface area contributed by atoms with Gasteiger partial charge < -0.3 is 4.90 Å². The lowest BCUT2D eigenvalue weighted by molar-refractivity contribution is 0.201. The van der Waals surface area contributed by atoms with Crippen LogP contribution in [0.25, 0.3) is 0 Å². The van der Waals surface area contributed by atoms with Gasteiger partial charge in [0.1, 0.15) is 5.03 Å². The Hall–Kier alpha value is -1.75. The second-order valence-electron chi connectivity index (χ2n) is 4.92. The smallest absolute Gasteiger partial charge is 0.323 e. The summed E-state index contributed by atoms with van der Waals surface area (Å²) in [6.07, 6.45) is 1.73. The van der Waals surface area contributed by atoms with E-state index in [1.54, 1.807) is 22.9 Å². The van der Waals surface area contributed by atoms with Gasteiger partial charge in [-0.2, -0.15) is 9.78 Å². The Bertz CT molecular complexity index is 632. The molecule has 112 valence electrons. The van der Waals surface area contributed by atoms with E-state index in [9.17, 15) is 4.79 Å². The quantitative estimate of drug-likeness (QED) is 0.858. The number of amides is 1. The summed E-state index contributed by atoms with van der Waals surface area (Å²) in [7, 11) is 0. The fraction of sp³-hybridized carbons (Fsp3) is 0.375. The molecule has 0 aliphatic rings. The Morgan fingerprint density at radius 1 is 1.24 bits per heavy atom. The van der Waals surface area contributed by atoms with E-state index in [4.69, 9.17) is 0 Å². The molecule has 1 aromatic heterocycles. The van der Waals surface area contributed by atoms with E-state index in [2.05, 4.69) is 37.1 Å². The molecule has 0 saturated carbocycles. The fourth-order valence-electron chi connectivity index (χ4n) is 2.13. The maximum Gasteiger partial charge on any atom is 0.344 e. The molecular formula is C16H21N3OS. The summed E-state index contributed by atoms with van der Waals surface area (Å²) < 4.78 is 1.42. The van der Waals surface area contributed by atoms with Crippen molar-refractivity contribution >= 4 is 17.8 Å². The number of nitrogens with zero attached hydrogens (tertiary/aromatic N) is 3. The Kier molecular flexibility index (Phi) is 5.07. The number of hydrogen-bond acceptors (Lipinski definition) is 3. The van der Waals surface area contributed by atoms with Crippen LogP contribution >= 0.6 is 11.8 Å². The van der Waals surface area contributed by atoms with Gasteiger partial charge in [-0.3, -0.25) is 0 Å². The Morgan fingerprint density at radius 3 is 2.57 bits per heavy atom. The molecular weight excluding hydrogens is 282 g/mol. The van der Waals surface area contributed by atoms with Gasteiger partial charge in [0.2, 0.25) is 0 Å². The largest absolute Gasteiger partial charge is 0.344 e. The Balaban J connectivity index is 2.15. The molecule has 4 nitrogen and oxygen atoms in total. The summed E-state index contributed by atoms with van der Waals surface area (Å²) in [5, 5.41) is 5.21. The summed E-state index contributed by atoms with van der Waals surface area (Å²) in [4.78, 5) is 15.1. The number of rotatable bonds is 4. The third-order valence-electron chi connectivity index (χ3n) is 3.34. The molecule has 0 radical (unpaired) electrons. The first-order valence-corrected chi connectivity index (χ1v) is 7.96. The highest BCUT2D eigenvalue weighted by Crippen LogP contribution is 2.29. The van der Waals surface area contributed by atoms with E-state index in [0.717, 1.165) is 5.03 Å². The number of benzene rings is 1. The molecule has 0 saturated heterocycles. The summed E-state index contributed by atoms with van der Waals surface area (Å²) in [6, 6.07) is 8.15. The van der Waals surface area contributed by atoms with Crippen molar-refractivity contribution in [3.63, 3.8) is 0 Å². The lowest BCUT2D eigenvalue weighted by atomic mass is 10.2. The standard InChI is InChI=1S/C16H21N3OS/c1-5-18(6-2)16(20)19-10-9-15(17-19)21-14-8-7-12(3)11-13(14)4/h7-11H,5-6H2,1-4H3. The zero-order valence-corrected chi connectivity index (χ0v) is 13.8. The van der Waals surface area contributed by atoms with Gasteiger partial charge in [0.25, 0.3) is 0 Å². The predicted octanol–water partition coefficient (Wildman–Crippen LogP) is 3.96. The van der Waals surface area contributed by atoms with Crippen molar-refractivity contribution in [3.8, 4) is 0 Å². The molecule has 0 atom stereocenters. The monoisotopic (exact) mass is 303 g/mol. The van der Waals surface area contributed by atoms with Gasteiger partial charge in [0.05, 0.1) is 0 Å². The van der Waals surface area contributed by atoms with Gasteiger partial charge in [-0.15, -0.1) is 0 Å². The minimum Gasteiger partial charge on any atom is -0.323 e. The molecule has 5 heteroatoms. The summed E-state index contributed by atoms with van der Waals surface area (Å²) in [5.74, 6) is 0. The Labute approximate surface area is 130 Å². The van der Waals surface area contributed by atoms with Crippen LogP contribution in [0.5, 0.6) is 0 Å². The van der Waals surface area contributed by atoms with Crippen LogP contribution in [-0.2, 0) is 0 Å². The van der Waals surface area contributed by atoms with Crippen molar-refractivity contribution in [2.45, 2.75) is 37.6 Å². The highest BCUT2D eigenvalue weighted by atomic mass is 32.2. The van der Waals surface area contributed by atoms with Gasteiger partial charge in [0.15, 0.2) is 0 Å². The first-order valence-electron chi connectivity index (χ1n) is 7.15. The minimum atomic E-state index is -0.0764. The van der Waals surface area contributed by atoms with Crippen LogP contribution in [0.2, 0.25) is 0 Å². The van der Waals surface area contributed by atoms with Crippen molar-refractivity contribution in [1.82, 2.24) is 14.7 Å². The first-order chi connectivity index (χ1) is 10.0. The van der Waals surface area contributed by atoms with Crippen molar-refractivity contribution in [2.24, 2.45) is 0 Å². The van der Waals surface area contributed by atoms with Crippen LogP contribution in [0.3, 0.4) is 0 Å². The van der Waals surface area contributed by atoms with Crippen LogP contribution in [-0.4, -0.2) is 33.8 Å². The molecule has 1 amide bonds. The van der Waals surface area contributed by atoms with Gasteiger partial charge in [0, 0.05) is 24.2 Å². The number of hydrogen-bond donors (Lipinski definition) is 0. The van der Waals surface area contributed by atoms with E-state index >= 15 is 0 Å². The molecule has 0 N–H and O–H groups in total.